The number of hydrogen-bond acceptors (Lipinski definition) is 5. The Bertz CT molecular complexity index is 559. The van der Waals surface area contributed by atoms with E-state index in [4.69, 9.17) is 4.52 Å². The summed E-state index contributed by atoms with van der Waals surface area (Å²) < 4.78 is 5.10. The van der Waals surface area contributed by atoms with Crippen molar-refractivity contribution < 1.29 is 9.32 Å². The summed E-state index contributed by atoms with van der Waals surface area (Å²) in [5, 5.41) is 9.46. The molecule has 1 N–H and O–H groups in total. The van der Waals surface area contributed by atoms with Crippen molar-refractivity contribution in [1.82, 2.24) is 10.1 Å². The van der Waals surface area contributed by atoms with Crippen molar-refractivity contribution in [2.45, 2.75) is 33.6 Å². The number of nitrogens with zero attached hydrogens (tertiary/aromatic N) is 2. The van der Waals surface area contributed by atoms with Crippen LogP contribution in [0, 0.1) is 13.8 Å². The van der Waals surface area contributed by atoms with Crippen LogP contribution in [0.15, 0.2) is 9.90 Å². The smallest absolute Gasteiger partial charge is 0.234 e. The van der Waals surface area contributed by atoms with Crippen LogP contribution in [-0.2, 0) is 17.6 Å². The Balaban J connectivity index is 2.00. The fourth-order valence-electron chi connectivity index (χ4n) is 1.64. The molecule has 2 aromatic rings. The van der Waals surface area contributed by atoms with Crippen LogP contribution in [-0.4, -0.2) is 16.0 Å². The molecule has 18 heavy (non-hydrogen) atoms. The van der Waals surface area contributed by atoms with E-state index in [2.05, 4.69) is 15.5 Å². The number of rotatable bonds is 4. The highest BCUT2D eigenvalue weighted by Crippen LogP contribution is 2.19. The molecule has 0 aliphatic heterocycles. The highest BCUT2D eigenvalue weighted by molar-refractivity contribution is 7.09. The lowest BCUT2D eigenvalue weighted by Crippen LogP contribution is -2.14. The molecule has 2 rings (SSSR count). The van der Waals surface area contributed by atoms with Crippen molar-refractivity contribution in [3.63, 3.8) is 0 Å². The van der Waals surface area contributed by atoms with E-state index in [1.807, 2.05) is 26.2 Å². The standard InChI is InChI=1S/C12H15N3O2S/c1-4-10-7(2)12(17-15-10)14-11(16)5-9-6-18-8(3)13-9/h6H,4-5H2,1-3H3,(H,14,16). The minimum absolute atomic E-state index is 0.137. The van der Waals surface area contributed by atoms with Gasteiger partial charge in [0.2, 0.25) is 11.8 Å². The lowest BCUT2D eigenvalue weighted by molar-refractivity contribution is -0.115. The van der Waals surface area contributed by atoms with Gasteiger partial charge in [0.25, 0.3) is 0 Å². The lowest BCUT2D eigenvalue weighted by Gasteiger charge is -2.00. The van der Waals surface area contributed by atoms with E-state index in [0.29, 0.717) is 5.88 Å². The van der Waals surface area contributed by atoms with Gasteiger partial charge in [-0.3, -0.25) is 10.1 Å². The predicted molar refractivity (Wildman–Crippen MR) is 69.8 cm³/mol. The maximum Gasteiger partial charge on any atom is 0.234 e. The summed E-state index contributed by atoms with van der Waals surface area (Å²) in [7, 11) is 0. The van der Waals surface area contributed by atoms with Crippen molar-refractivity contribution in [2.75, 3.05) is 5.32 Å². The highest BCUT2D eigenvalue weighted by atomic mass is 32.1. The Labute approximate surface area is 109 Å². The van der Waals surface area contributed by atoms with Crippen LogP contribution >= 0.6 is 11.3 Å². The van der Waals surface area contributed by atoms with Gasteiger partial charge in [0.15, 0.2) is 0 Å². The van der Waals surface area contributed by atoms with Crippen LogP contribution in [0.3, 0.4) is 0 Å². The van der Waals surface area contributed by atoms with Crippen LogP contribution < -0.4 is 5.32 Å². The topological polar surface area (TPSA) is 68.0 Å². The van der Waals surface area contributed by atoms with Crippen LogP contribution in [0.25, 0.3) is 0 Å². The SMILES string of the molecule is CCc1noc(NC(=O)Cc2csc(C)n2)c1C. The molecular formula is C12H15N3O2S. The van der Waals surface area contributed by atoms with Gasteiger partial charge < -0.3 is 4.52 Å². The zero-order valence-corrected chi connectivity index (χ0v) is 11.4. The summed E-state index contributed by atoms with van der Waals surface area (Å²) in [6.07, 6.45) is 1.04. The third-order valence-electron chi connectivity index (χ3n) is 2.62. The average Bonchev–Trinajstić information content (AvgIpc) is 2.87. The molecule has 0 spiro atoms. The predicted octanol–water partition coefficient (Wildman–Crippen LogP) is 2.49. The molecule has 6 heteroatoms. The van der Waals surface area contributed by atoms with Crippen LogP contribution in [0.5, 0.6) is 0 Å². The van der Waals surface area contributed by atoms with E-state index in [1.54, 1.807) is 0 Å². The molecule has 0 fully saturated rings. The molecular weight excluding hydrogens is 250 g/mol. The molecule has 0 unspecified atom stereocenters. The number of hydrogen-bond donors (Lipinski definition) is 1. The number of thiazole rings is 1. The number of carbonyl (C=O) groups excluding carboxylic acids is 1. The summed E-state index contributed by atoms with van der Waals surface area (Å²) in [5.41, 5.74) is 2.54. The first kappa shape index (κ1) is 12.8. The maximum atomic E-state index is 11.8. The highest BCUT2D eigenvalue weighted by Gasteiger charge is 2.14. The molecule has 0 saturated heterocycles. The molecule has 2 heterocycles. The monoisotopic (exact) mass is 265 g/mol. The van der Waals surface area contributed by atoms with Crippen LogP contribution in [0.1, 0.15) is 28.9 Å². The molecule has 5 nitrogen and oxygen atoms in total. The number of aromatic nitrogens is 2. The van der Waals surface area contributed by atoms with Crippen molar-refractivity contribution in [3.05, 3.63) is 27.3 Å². The molecule has 96 valence electrons. The average molecular weight is 265 g/mol. The molecule has 0 atom stereocenters. The molecule has 0 aliphatic carbocycles. The van der Waals surface area contributed by atoms with Crippen molar-refractivity contribution in [3.8, 4) is 0 Å². The second-order valence-electron chi connectivity index (χ2n) is 4.02. The number of anilines is 1. The van der Waals surface area contributed by atoms with E-state index >= 15 is 0 Å². The zero-order chi connectivity index (χ0) is 13.1. The molecule has 2 aromatic heterocycles. The van der Waals surface area contributed by atoms with Gasteiger partial charge in [0, 0.05) is 10.9 Å². The number of carbonyl (C=O) groups is 1. The van der Waals surface area contributed by atoms with Crippen molar-refractivity contribution in [1.29, 1.82) is 0 Å². The van der Waals surface area contributed by atoms with Gasteiger partial charge in [0.05, 0.1) is 22.8 Å². The maximum absolute atomic E-state index is 11.8. The van der Waals surface area contributed by atoms with Crippen molar-refractivity contribution >= 4 is 23.1 Å². The Morgan fingerprint density at radius 3 is 2.83 bits per heavy atom. The largest absolute Gasteiger partial charge is 0.338 e. The van der Waals surface area contributed by atoms with E-state index in [0.717, 1.165) is 28.4 Å². The van der Waals surface area contributed by atoms with Gasteiger partial charge in [-0.15, -0.1) is 11.3 Å². The normalized spacial score (nSPS) is 10.6. The lowest BCUT2D eigenvalue weighted by atomic mass is 10.2. The third-order valence-corrected chi connectivity index (χ3v) is 3.44. The van der Waals surface area contributed by atoms with E-state index in [1.165, 1.54) is 11.3 Å². The van der Waals surface area contributed by atoms with E-state index in [9.17, 15) is 4.79 Å². The summed E-state index contributed by atoms with van der Waals surface area (Å²) in [6, 6.07) is 0. The number of amides is 1. The molecule has 0 saturated carbocycles. The first-order chi connectivity index (χ1) is 8.60. The summed E-state index contributed by atoms with van der Waals surface area (Å²) in [4.78, 5) is 16.1. The van der Waals surface area contributed by atoms with Crippen LogP contribution in [0.4, 0.5) is 5.88 Å². The quantitative estimate of drug-likeness (QED) is 0.922. The fourth-order valence-corrected chi connectivity index (χ4v) is 2.25. The first-order valence-electron chi connectivity index (χ1n) is 5.76. The van der Waals surface area contributed by atoms with Crippen molar-refractivity contribution in [2.24, 2.45) is 0 Å². The first-order valence-corrected chi connectivity index (χ1v) is 6.64. The summed E-state index contributed by atoms with van der Waals surface area (Å²) in [6.45, 7) is 5.80. The summed E-state index contributed by atoms with van der Waals surface area (Å²) in [5.74, 6) is 0.297. The van der Waals surface area contributed by atoms with Gasteiger partial charge in [-0.2, -0.15) is 0 Å². The Morgan fingerprint density at radius 2 is 2.28 bits per heavy atom. The zero-order valence-electron chi connectivity index (χ0n) is 10.6. The third kappa shape index (κ3) is 2.76. The summed E-state index contributed by atoms with van der Waals surface area (Å²) >= 11 is 1.54. The van der Waals surface area contributed by atoms with Gasteiger partial charge in [-0.1, -0.05) is 12.1 Å². The molecule has 1 amide bonds. The van der Waals surface area contributed by atoms with Gasteiger partial charge in [-0.25, -0.2) is 4.98 Å². The Kier molecular flexibility index (Phi) is 3.76. The Hall–Kier alpha value is -1.69. The van der Waals surface area contributed by atoms with Gasteiger partial charge in [0.1, 0.15) is 0 Å². The van der Waals surface area contributed by atoms with E-state index in [-0.39, 0.29) is 12.3 Å². The second kappa shape index (κ2) is 5.30. The molecule has 0 bridgehead atoms. The van der Waals surface area contributed by atoms with Gasteiger partial charge >= 0.3 is 0 Å². The molecule has 0 aromatic carbocycles. The van der Waals surface area contributed by atoms with Crippen LogP contribution in [0.2, 0.25) is 0 Å². The Morgan fingerprint density at radius 1 is 1.50 bits per heavy atom. The molecule has 0 radical (unpaired) electrons. The second-order valence-corrected chi connectivity index (χ2v) is 5.08. The number of nitrogens with one attached hydrogen (secondary N) is 1. The minimum Gasteiger partial charge on any atom is -0.338 e. The fraction of sp³-hybridized carbons (Fsp3) is 0.417. The van der Waals surface area contributed by atoms with E-state index < -0.39 is 0 Å². The molecule has 0 aliphatic rings. The minimum atomic E-state index is -0.137. The van der Waals surface area contributed by atoms with Gasteiger partial charge in [-0.05, 0) is 20.3 Å². The number of aryl methyl sites for hydroxylation is 2.